The Labute approximate surface area is 239 Å². The van der Waals surface area contributed by atoms with Gasteiger partial charge in [-0.1, -0.05) is 90.1 Å². The van der Waals surface area contributed by atoms with Crippen LogP contribution in [0.4, 0.5) is 5.69 Å². The van der Waals surface area contributed by atoms with Crippen LogP contribution in [-0.4, -0.2) is 24.3 Å². The Bertz CT molecular complexity index is 1220. The van der Waals surface area contributed by atoms with Crippen LogP contribution in [0.1, 0.15) is 16.7 Å². The second-order valence-corrected chi connectivity index (χ2v) is 9.52. The zero-order valence-corrected chi connectivity index (χ0v) is 24.1. The van der Waals surface area contributed by atoms with Crippen LogP contribution in [0.5, 0.6) is 11.5 Å². The molecule has 0 atom stereocenters. The zero-order valence-electron chi connectivity index (χ0n) is 20.8. The molecule has 0 aliphatic heterocycles. The van der Waals surface area contributed by atoms with Gasteiger partial charge >= 0.3 is 0 Å². The smallest absolute Gasteiger partial charge is 0.165 e. The lowest BCUT2D eigenvalue weighted by atomic mass is 10.1. The molecule has 0 saturated carbocycles. The van der Waals surface area contributed by atoms with Crippen LogP contribution in [0.3, 0.4) is 0 Å². The van der Waals surface area contributed by atoms with E-state index in [9.17, 15) is 0 Å². The molecule has 0 aliphatic rings. The van der Waals surface area contributed by atoms with Gasteiger partial charge < -0.3 is 14.4 Å². The second kappa shape index (κ2) is 14.7. The highest BCUT2D eigenvalue weighted by Crippen LogP contribution is 2.29. The Morgan fingerprint density at radius 2 is 1.22 bits per heavy atom. The molecule has 4 nitrogen and oxygen atoms in total. The largest absolute Gasteiger partial charge is 0.497 e. The Hall–Kier alpha value is -2.93. The molecule has 4 rings (SSSR count). The molecule has 0 spiro atoms. The first-order valence-corrected chi connectivity index (χ1v) is 13.0. The summed E-state index contributed by atoms with van der Waals surface area (Å²) < 4.78 is 10.7. The van der Waals surface area contributed by atoms with Crippen molar-refractivity contribution in [2.24, 2.45) is 4.99 Å². The molecule has 192 valence electrons. The first-order valence-electron chi connectivity index (χ1n) is 11.7. The third kappa shape index (κ3) is 8.56. The molecule has 0 heterocycles. The van der Waals surface area contributed by atoms with Crippen molar-refractivity contribution in [2.45, 2.75) is 18.8 Å². The van der Waals surface area contributed by atoms with E-state index in [-0.39, 0.29) is 17.0 Å². The molecule has 0 bridgehead atoms. The van der Waals surface area contributed by atoms with Gasteiger partial charge in [-0.2, -0.15) is 0 Å². The predicted molar refractivity (Wildman–Crippen MR) is 162 cm³/mol. The van der Waals surface area contributed by atoms with Gasteiger partial charge in [0.25, 0.3) is 0 Å². The van der Waals surface area contributed by atoms with Gasteiger partial charge in [0, 0.05) is 18.8 Å². The number of aliphatic imine (C=N–C) groups is 1. The summed E-state index contributed by atoms with van der Waals surface area (Å²) in [6.45, 7) is 1.36. The molecule has 4 aromatic carbocycles. The topological polar surface area (TPSA) is 34.1 Å². The van der Waals surface area contributed by atoms with E-state index in [1.807, 2.05) is 54.6 Å². The average molecular weight is 598 g/mol. The molecule has 37 heavy (non-hydrogen) atoms. The number of nitrogens with zero attached hydrogens (tertiary/aromatic N) is 2. The molecule has 0 N–H and O–H groups in total. The zero-order chi connectivity index (χ0) is 25.2. The van der Waals surface area contributed by atoms with Crippen LogP contribution >= 0.6 is 40.3 Å². The quantitative estimate of drug-likeness (QED) is 0.143. The fraction of sp³-hybridized carbons (Fsp3) is 0.167. The Kier molecular flexibility index (Phi) is 11.4. The fourth-order valence-electron chi connectivity index (χ4n) is 3.66. The molecule has 0 radical (unpaired) electrons. The van der Waals surface area contributed by atoms with Crippen molar-refractivity contribution in [3.05, 3.63) is 125 Å². The van der Waals surface area contributed by atoms with Gasteiger partial charge in [0.2, 0.25) is 0 Å². The maximum atomic E-state index is 6.51. The third-order valence-corrected chi connectivity index (χ3v) is 7.02. The van der Waals surface area contributed by atoms with E-state index in [4.69, 9.17) is 26.1 Å². The lowest BCUT2D eigenvalue weighted by Crippen LogP contribution is -2.28. The van der Waals surface area contributed by atoms with Crippen LogP contribution in [0.15, 0.2) is 108 Å². The molecular formula is C30H30BrClN2O2S. The summed E-state index contributed by atoms with van der Waals surface area (Å²) in [5.74, 6) is 2.47. The van der Waals surface area contributed by atoms with E-state index >= 15 is 0 Å². The number of ether oxygens (including phenoxy) is 2. The molecule has 0 amide bonds. The van der Waals surface area contributed by atoms with Crippen LogP contribution in [0.25, 0.3) is 0 Å². The van der Waals surface area contributed by atoms with Gasteiger partial charge in [-0.3, -0.25) is 0 Å². The molecule has 0 fully saturated rings. The Balaban J connectivity index is 0.00000380. The molecule has 0 unspecified atom stereocenters. The second-order valence-electron chi connectivity index (χ2n) is 8.17. The minimum absolute atomic E-state index is 0. The summed E-state index contributed by atoms with van der Waals surface area (Å²) in [4.78, 5) is 7.35. The predicted octanol–water partition coefficient (Wildman–Crippen LogP) is 8.56. The highest BCUT2D eigenvalue weighted by atomic mass is 79.9. The van der Waals surface area contributed by atoms with Crippen molar-refractivity contribution in [1.29, 1.82) is 0 Å². The molecule has 7 heteroatoms. The SMILES string of the molecule is Br.COc1ccc(CN(Cc2ccc(OC)cc2)C(=Nc2ccccc2Cl)SCc2ccccc2)cc1. The Morgan fingerprint density at radius 1 is 0.703 bits per heavy atom. The summed E-state index contributed by atoms with van der Waals surface area (Å²) in [5, 5.41) is 1.53. The van der Waals surface area contributed by atoms with Crippen LogP contribution in [0, 0.1) is 0 Å². The number of halogens is 2. The fourth-order valence-corrected chi connectivity index (χ4v) is 4.80. The number of para-hydroxylation sites is 1. The average Bonchev–Trinajstić information content (AvgIpc) is 2.93. The number of benzene rings is 4. The number of thioether (sulfide) groups is 1. The maximum Gasteiger partial charge on any atom is 0.165 e. The van der Waals surface area contributed by atoms with E-state index < -0.39 is 0 Å². The van der Waals surface area contributed by atoms with Gasteiger partial charge in [0.15, 0.2) is 5.17 Å². The van der Waals surface area contributed by atoms with Gasteiger partial charge in [0.1, 0.15) is 11.5 Å². The van der Waals surface area contributed by atoms with Gasteiger partial charge in [0.05, 0.1) is 24.9 Å². The van der Waals surface area contributed by atoms with E-state index in [1.165, 1.54) is 5.56 Å². The lowest BCUT2D eigenvalue weighted by Gasteiger charge is -2.26. The highest BCUT2D eigenvalue weighted by Gasteiger charge is 2.16. The van der Waals surface area contributed by atoms with Crippen molar-refractivity contribution in [1.82, 2.24) is 4.90 Å². The van der Waals surface area contributed by atoms with Crippen molar-refractivity contribution in [3.8, 4) is 11.5 Å². The van der Waals surface area contributed by atoms with Gasteiger partial charge in [-0.15, -0.1) is 17.0 Å². The summed E-state index contributed by atoms with van der Waals surface area (Å²) in [7, 11) is 3.36. The van der Waals surface area contributed by atoms with E-state index in [1.54, 1.807) is 26.0 Å². The van der Waals surface area contributed by atoms with Crippen molar-refractivity contribution < 1.29 is 9.47 Å². The first kappa shape index (κ1) is 28.6. The van der Waals surface area contributed by atoms with Crippen molar-refractivity contribution >= 4 is 51.2 Å². The standard InChI is InChI=1S/C30H29ClN2O2S.BrH/c1-34-26-16-12-23(13-17-26)20-33(21-24-14-18-27(35-2)19-15-24)30(32-29-11-7-6-10-28(29)31)36-22-25-8-4-3-5-9-25;/h3-19H,20-22H2,1-2H3;1H. The van der Waals surface area contributed by atoms with Crippen molar-refractivity contribution in [3.63, 3.8) is 0 Å². The van der Waals surface area contributed by atoms with Gasteiger partial charge in [-0.05, 0) is 53.1 Å². The lowest BCUT2D eigenvalue weighted by molar-refractivity contribution is 0.405. The van der Waals surface area contributed by atoms with Crippen LogP contribution < -0.4 is 9.47 Å². The van der Waals surface area contributed by atoms with E-state index in [0.717, 1.165) is 39.2 Å². The first-order chi connectivity index (χ1) is 17.6. The van der Waals surface area contributed by atoms with E-state index in [2.05, 4.69) is 53.4 Å². The number of amidine groups is 1. The third-order valence-electron chi connectivity index (χ3n) is 5.61. The summed E-state index contributed by atoms with van der Waals surface area (Å²) in [5.41, 5.74) is 4.32. The Morgan fingerprint density at radius 3 is 1.73 bits per heavy atom. The van der Waals surface area contributed by atoms with Crippen LogP contribution in [0.2, 0.25) is 5.02 Å². The molecule has 0 saturated heterocycles. The van der Waals surface area contributed by atoms with Gasteiger partial charge in [-0.25, -0.2) is 4.99 Å². The maximum absolute atomic E-state index is 6.51. The minimum atomic E-state index is 0. The molecule has 0 aromatic heterocycles. The monoisotopic (exact) mass is 596 g/mol. The normalized spacial score (nSPS) is 10.9. The summed E-state index contributed by atoms with van der Waals surface area (Å²) >= 11 is 8.22. The number of methoxy groups -OCH3 is 2. The molecular weight excluding hydrogens is 568 g/mol. The number of hydrogen-bond acceptors (Lipinski definition) is 4. The summed E-state index contributed by atoms with van der Waals surface area (Å²) in [6, 6.07) is 34.5. The summed E-state index contributed by atoms with van der Waals surface area (Å²) in [6.07, 6.45) is 0. The molecule has 4 aromatic rings. The van der Waals surface area contributed by atoms with Crippen LogP contribution in [-0.2, 0) is 18.8 Å². The number of rotatable bonds is 9. The van der Waals surface area contributed by atoms with Crippen molar-refractivity contribution in [2.75, 3.05) is 14.2 Å². The number of hydrogen-bond donors (Lipinski definition) is 0. The minimum Gasteiger partial charge on any atom is -0.497 e. The molecule has 0 aliphatic carbocycles. The highest BCUT2D eigenvalue weighted by molar-refractivity contribution is 8.93. The van der Waals surface area contributed by atoms with E-state index in [0.29, 0.717) is 18.1 Å².